The maximum atomic E-state index is 13.4. The molecule has 0 saturated heterocycles. The normalized spacial score (nSPS) is 23.4. The molecule has 0 heterocycles. The summed E-state index contributed by atoms with van der Waals surface area (Å²) >= 11 is 1.90. The van der Waals surface area contributed by atoms with Crippen LogP contribution in [0.1, 0.15) is 24.8 Å². The van der Waals surface area contributed by atoms with Gasteiger partial charge >= 0.3 is 0 Å². The van der Waals surface area contributed by atoms with Gasteiger partial charge < -0.3 is 5.32 Å². The van der Waals surface area contributed by atoms with E-state index in [4.69, 9.17) is 5.26 Å². The summed E-state index contributed by atoms with van der Waals surface area (Å²) < 4.78 is 13.4. The minimum atomic E-state index is -0.447. The maximum absolute atomic E-state index is 13.4. The fraction of sp³-hybridized carbons (Fsp3) is 0.462. The Morgan fingerprint density at radius 2 is 2.29 bits per heavy atom. The van der Waals surface area contributed by atoms with Crippen molar-refractivity contribution in [2.75, 3.05) is 11.6 Å². The molecule has 0 spiro atoms. The topological polar surface area (TPSA) is 35.8 Å². The van der Waals surface area contributed by atoms with Gasteiger partial charge in [0.15, 0.2) is 0 Å². The van der Waals surface area contributed by atoms with E-state index in [2.05, 4.69) is 11.6 Å². The molecule has 0 aliphatic heterocycles. The average Bonchev–Trinajstić information content (AvgIpc) is 2.77. The van der Waals surface area contributed by atoms with Crippen LogP contribution in [0.25, 0.3) is 0 Å². The fourth-order valence-electron chi connectivity index (χ4n) is 2.22. The van der Waals surface area contributed by atoms with E-state index in [1.54, 1.807) is 6.07 Å². The summed E-state index contributed by atoms with van der Waals surface area (Å²) in [5.41, 5.74) is 0.872. The highest BCUT2D eigenvalue weighted by atomic mass is 32.2. The molecular formula is C13H15FN2S. The number of nitriles is 1. The van der Waals surface area contributed by atoms with Crippen LogP contribution < -0.4 is 5.32 Å². The number of anilines is 1. The predicted octanol–water partition coefficient (Wildman–Crippen LogP) is 3.39. The Kier molecular flexibility index (Phi) is 3.90. The first-order valence-corrected chi connectivity index (χ1v) is 7.00. The molecule has 2 rings (SSSR count). The number of nitrogens with one attached hydrogen (secondary N) is 1. The zero-order valence-corrected chi connectivity index (χ0v) is 10.6. The van der Waals surface area contributed by atoms with Crippen LogP contribution in [0.15, 0.2) is 18.2 Å². The molecule has 1 aliphatic carbocycles. The van der Waals surface area contributed by atoms with Crippen molar-refractivity contribution >= 4 is 17.4 Å². The molecule has 90 valence electrons. The third-order valence-electron chi connectivity index (χ3n) is 3.18. The van der Waals surface area contributed by atoms with E-state index in [1.807, 2.05) is 17.8 Å². The van der Waals surface area contributed by atoms with Gasteiger partial charge in [0.25, 0.3) is 0 Å². The monoisotopic (exact) mass is 250 g/mol. The first kappa shape index (κ1) is 12.3. The molecule has 2 nitrogen and oxygen atoms in total. The zero-order valence-electron chi connectivity index (χ0n) is 9.74. The molecule has 17 heavy (non-hydrogen) atoms. The Morgan fingerprint density at radius 3 is 2.88 bits per heavy atom. The van der Waals surface area contributed by atoms with Gasteiger partial charge in [0, 0.05) is 17.0 Å². The van der Waals surface area contributed by atoms with E-state index in [9.17, 15) is 4.39 Å². The summed E-state index contributed by atoms with van der Waals surface area (Å²) in [4.78, 5) is 0. The summed E-state index contributed by atoms with van der Waals surface area (Å²) in [6, 6.07) is 6.96. The first-order chi connectivity index (χ1) is 8.22. The molecule has 1 aromatic rings. The number of rotatable bonds is 3. The highest BCUT2D eigenvalue weighted by Crippen LogP contribution is 2.30. The van der Waals surface area contributed by atoms with Crippen LogP contribution in [-0.2, 0) is 0 Å². The summed E-state index contributed by atoms with van der Waals surface area (Å²) in [5, 5.41) is 12.7. The molecule has 0 bridgehead atoms. The van der Waals surface area contributed by atoms with Gasteiger partial charge in [-0.3, -0.25) is 0 Å². The molecule has 1 N–H and O–H groups in total. The Bertz CT molecular complexity index is 442. The summed E-state index contributed by atoms with van der Waals surface area (Å²) in [5.74, 6) is -0.447. The van der Waals surface area contributed by atoms with Gasteiger partial charge in [0.05, 0.1) is 5.56 Å². The Hall–Kier alpha value is -1.21. The number of thioether (sulfide) groups is 1. The van der Waals surface area contributed by atoms with Gasteiger partial charge in [0.2, 0.25) is 0 Å². The van der Waals surface area contributed by atoms with Crippen molar-refractivity contribution in [2.24, 2.45) is 0 Å². The van der Waals surface area contributed by atoms with Crippen molar-refractivity contribution in [2.45, 2.75) is 30.6 Å². The van der Waals surface area contributed by atoms with E-state index < -0.39 is 5.82 Å². The molecule has 0 radical (unpaired) electrons. The summed E-state index contributed by atoms with van der Waals surface area (Å²) in [6.45, 7) is 0. The fourth-order valence-corrected chi connectivity index (χ4v) is 3.01. The van der Waals surface area contributed by atoms with Gasteiger partial charge in [0.1, 0.15) is 11.9 Å². The first-order valence-electron chi connectivity index (χ1n) is 5.72. The van der Waals surface area contributed by atoms with Crippen LogP contribution in [0.4, 0.5) is 10.1 Å². The van der Waals surface area contributed by atoms with Gasteiger partial charge in [-0.2, -0.15) is 17.0 Å². The van der Waals surface area contributed by atoms with Crippen LogP contribution in [0.5, 0.6) is 0 Å². The molecular weight excluding hydrogens is 235 g/mol. The van der Waals surface area contributed by atoms with Crippen molar-refractivity contribution in [3.8, 4) is 6.07 Å². The van der Waals surface area contributed by atoms with Gasteiger partial charge in [-0.25, -0.2) is 4.39 Å². The molecule has 4 heteroatoms. The number of nitrogens with zero attached hydrogens (tertiary/aromatic N) is 1. The number of halogens is 1. The molecule has 0 amide bonds. The van der Waals surface area contributed by atoms with Gasteiger partial charge in [-0.05, 0) is 43.7 Å². The van der Waals surface area contributed by atoms with E-state index >= 15 is 0 Å². The Labute approximate surface area is 105 Å². The smallest absolute Gasteiger partial charge is 0.143 e. The molecule has 1 aliphatic rings. The van der Waals surface area contributed by atoms with Crippen molar-refractivity contribution in [1.82, 2.24) is 0 Å². The summed E-state index contributed by atoms with van der Waals surface area (Å²) in [7, 11) is 0. The second-order valence-electron chi connectivity index (χ2n) is 4.32. The molecule has 2 atom stereocenters. The standard InChI is InChI=1S/C13H15FN2S/c1-17-12-5-4-10(6-12)16-11-3-2-9(8-15)13(14)7-11/h2-3,7,10,12,16H,4-6H2,1H3. The largest absolute Gasteiger partial charge is 0.382 e. The minimum absolute atomic E-state index is 0.101. The lowest BCUT2D eigenvalue weighted by atomic mass is 10.2. The van der Waals surface area contributed by atoms with Gasteiger partial charge in [-0.1, -0.05) is 0 Å². The van der Waals surface area contributed by atoms with Crippen LogP contribution in [-0.4, -0.2) is 17.5 Å². The van der Waals surface area contributed by atoms with E-state index in [1.165, 1.54) is 18.6 Å². The molecule has 1 aromatic carbocycles. The van der Waals surface area contributed by atoms with Crippen LogP contribution in [0.2, 0.25) is 0 Å². The number of benzene rings is 1. The van der Waals surface area contributed by atoms with Crippen molar-refractivity contribution in [1.29, 1.82) is 5.26 Å². The third-order valence-corrected chi connectivity index (χ3v) is 4.27. The molecule has 1 fully saturated rings. The zero-order chi connectivity index (χ0) is 12.3. The predicted molar refractivity (Wildman–Crippen MR) is 69.7 cm³/mol. The van der Waals surface area contributed by atoms with Crippen molar-refractivity contribution in [3.63, 3.8) is 0 Å². The van der Waals surface area contributed by atoms with Crippen LogP contribution >= 0.6 is 11.8 Å². The van der Waals surface area contributed by atoms with E-state index in [-0.39, 0.29) is 5.56 Å². The maximum Gasteiger partial charge on any atom is 0.143 e. The second kappa shape index (κ2) is 5.42. The van der Waals surface area contributed by atoms with E-state index in [0.717, 1.165) is 23.8 Å². The van der Waals surface area contributed by atoms with Crippen LogP contribution in [0, 0.1) is 17.1 Å². The van der Waals surface area contributed by atoms with Crippen LogP contribution in [0.3, 0.4) is 0 Å². The molecule has 1 saturated carbocycles. The van der Waals surface area contributed by atoms with Gasteiger partial charge in [-0.15, -0.1) is 0 Å². The lowest BCUT2D eigenvalue weighted by Crippen LogP contribution is -2.16. The Balaban J connectivity index is 2.00. The highest BCUT2D eigenvalue weighted by Gasteiger charge is 2.23. The third kappa shape index (κ3) is 2.92. The lowest BCUT2D eigenvalue weighted by Gasteiger charge is -2.14. The number of hydrogen-bond donors (Lipinski definition) is 1. The minimum Gasteiger partial charge on any atom is -0.382 e. The lowest BCUT2D eigenvalue weighted by molar-refractivity contribution is 0.623. The van der Waals surface area contributed by atoms with Crippen molar-refractivity contribution in [3.05, 3.63) is 29.6 Å². The van der Waals surface area contributed by atoms with E-state index in [0.29, 0.717) is 6.04 Å². The molecule has 0 aromatic heterocycles. The quantitative estimate of drug-likeness (QED) is 0.893. The SMILES string of the molecule is CSC1CCC(Nc2ccc(C#N)c(F)c2)C1. The van der Waals surface area contributed by atoms with Crippen molar-refractivity contribution < 1.29 is 4.39 Å². The second-order valence-corrected chi connectivity index (χ2v) is 5.46. The number of hydrogen-bond acceptors (Lipinski definition) is 3. The highest BCUT2D eigenvalue weighted by molar-refractivity contribution is 7.99. The summed E-state index contributed by atoms with van der Waals surface area (Å²) in [6.07, 6.45) is 5.61. The average molecular weight is 250 g/mol. The Morgan fingerprint density at radius 1 is 1.47 bits per heavy atom. The molecule has 2 unspecified atom stereocenters.